The van der Waals surface area contributed by atoms with E-state index in [1.54, 1.807) is 26.0 Å². The quantitative estimate of drug-likeness (QED) is 0.0859. The van der Waals surface area contributed by atoms with Crippen LogP contribution in [0.3, 0.4) is 0 Å². The Bertz CT molecular complexity index is 2440. The van der Waals surface area contributed by atoms with Crippen LogP contribution in [0.4, 0.5) is 0 Å². The Labute approximate surface area is 510 Å². The lowest BCUT2D eigenvalue weighted by molar-refractivity contribution is -0.158. The molecule has 7 saturated carbocycles. The summed E-state index contributed by atoms with van der Waals surface area (Å²) >= 11 is 7.84. The topological polar surface area (TPSA) is 139 Å². The molecule has 12 atom stereocenters. The van der Waals surface area contributed by atoms with Crippen molar-refractivity contribution in [3.05, 3.63) is 95.6 Å². The molecule has 10 nitrogen and oxygen atoms in total. The van der Waals surface area contributed by atoms with Gasteiger partial charge >= 0.3 is 11.9 Å². The molecule has 1 aliphatic heterocycles. The first kappa shape index (κ1) is 67.6. The molecule has 0 aromatic heterocycles. The second kappa shape index (κ2) is 34.0. The molecule has 0 N–H and O–H groups in total. The summed E-state index contributed by atoms with van der Waals surface area (Å²) in [6.45, 7) is 11.4. The highest BCUT2D eigenvalue weighted by atomic mass is 32.2. The number of carbonyl (C=O) groups excluding carboxylic acids is 6. The fourth-order valence-electron chi connectivity index (χ4n) is 13.7. The van der Waals surface area contributed by atoms with Gasteiger partial charge in [-0.25, -0.2) is 0 Å². The number of methoxy groups -OCH3 is 2. The third kappa shape index (κ3) is 20.6. The van der Waals surface area contributed by atoms with Crippen LogP contribution in [0.2, 0.25) is 0 Å². The zero-order valence-corrected chi connectivity index (χ0v) is 54.1. The molecule has 0 spiro atoms. The molecule has 82 heavy (non-hydrogen) atoms. The van der Waals surface area contributed by atoms with Crippen molar-refractivity contribution in [3.63, 3.8) is 0 Å². The van der Waals surface area contributed by atoms with Crippen molar-refractivity contribution in [2.24, 2.45) is 53.3 Å². The fraction of sp³-hybridized carbons (Fsp3) is 0.647. The first-order valence-corrected chi connectivity index (χ1v) is 34.8. The van der Waals surface area contributed by atoms with Crippen LogP contribution in [-0.2, 0) is 43.7 Å². The standard InChI is InChI=1S/C29H30O3.C15H24O3.C15H24OS4.3C3H6O.H2/c1-29(22-6-4-3-5-7-22,23-10-14-25(31-2)15-11-23)24-12-16-26(17-13-24)32-28(30)27-19-20-8-9-21(27)18-20;1-17-12-4-6-13(7-5-12)18-15(16)14-9-10-2-3-11(14)8-10;1-17-6-12-7-19-13(8-18-12)9-20-15(16)14-5-10-2-3-11(14)4-10;3*1-3(2)4;/h3-7,10-17,20-21,27H,8-9,18-19H2,1-2H3;10-14H,2-9H2,1H3;10-14H,2-9H2,1H3;3*1-2H3;1H. The van der Waals surface area contributed by atoms with Gasteiger partial charge in [-0.3, -0.25) is 14.4 Å². The van der Waals surface area contributed by atoms with Crippen LogP contribution in [0.1, 0.15) is 169 Å². The largest absolute Gasteiger partial charge is 0.497 e. The minimum absolute atomic E-state index is 0. The van der Waals surface area contributed by atoms with E-state index in [2.05, 4.69) is 85.2 Å². The van der Waals surface area contributed by atoms with Gasteiger partial charge in [-0.1, -0.05) is 85.6 Å². The van der Waals surface area contributed by atoms with E-state index in [9.17, 15) is 28.8 Å². The van der Waals surface area contributed by atoms with Crippen LogP contribution in [0.15, 0.2) is 78.9 Å². The molecule has 1 saturated heterocycles. The van der Waals surface area contributed by atoms with Gasteiger partial charge in [-0.05, 0) is 215 Å². The van der Waals surface area contributed by atoms with Crippen molar-refractivity contribution in [2.75, 3.05) is 43.5 Å². The Hall–Kier alpha value is -3.56. The van der Waals surface area contributed by atoms with Crippen LogP contribution in [-0.4, -0.2) is 101 Å². The number of carbonyl (C=O) groups is 6. The Balaban J connectivity index is 0.000000214. The molecule has 14 heteroatoms. The number of hydrogen-bond acceptors (Lipinski definition) is 14. The van der Waals surface area contributed by atoms with Crippen molar-refractivity contribution >= 4 is 81.5 Å². The van der Waals surface area contributed by atoms with E-state index in [0.29, 0.717) is 40.0 Å². The average Bonchev–Trinajstić information content (AvgIpc) is 4.57. The molecule has 6 bridgehead atoms. The van der Waals surface area contributed by atoms with Gasteiger partial charge in [-0.15, -0.1) is 0 Å². The maximum Gasteiger partial charge on any atom is 0.314 e. The lowest BCUT2D eigenvalue weighted by Crippen LogP contribution is -2.31. The summed E-state index contributed by atoms with van der Waals surface area (Å²) in [5.41, 5.74) is 3.18. The van der Waals surface area contributed by atoms with E-state index >= 15 is 0 Å². The summed E-state index contributed by atoms with van der Waals surface area (Å²) in [6, 6.07) is 26.8. The molecule has 7 aliphatic carbocycles. The second-order valence-corrected chi connectivity index (χ2v) is 29.4. The number of esters is 2. The number of rotatable bonds is 14. The summed E-state index contributed by atoms with van der Waals surface area (Å²) < 4.78 is 22.2. The molecule has 8 aliphatic rings. The lowest BCUT2D eigenvalue weighted by Gasteiger charge is -2.32. The number of hydrogen-bond donors (Lipinski definition) is 0. The van der Waals surface area contributed by atoms with Crippen molar-refractivity contribution in [1.29, 1.82) is 0 Å². The van der Waals surface area contributed by atoms with Crippen molar-refractivity contribution in [3.8, 4) is 11.5 Å². The van der Waals surface area contributed by atoms with Crippen molar-refractivity contribution in [2.45, 2.75) is 179 Å². The number of thioether (sulfide) groups is 4. The van der Waals surface area contributed by atoms with Crippen LogP contribution in [0, 0.1) is 53.3 Å². The monoisotopic (exact) mass is 1200 g/mol. The van der Waals surface area contributed by atoms with Gasteiger partial charge in [0.2, 0.25) is 0 Å². The Morgan fingerprint density at radius 3 is 1.33 bits per heavy atom. The molecule has 0 radical (unpaired) electrons. The molecule has 3 aromatic carbocycles. The van der Waals surface area contributed by atoms with Gasteiger partial charge < -0.3 is 33.3 Å². The lowest BCUT2D eigenvalue weighted by atomic mass is 9.71. The fourth-order valence-corrected chi connectivity index (χ4v) is 19.3. The highest BCUT2D eigenvalue weighted by Gasteiger charge is 2.46. The number of Topliss-reactive ketones (excluding diaryl/α,β-unsaturated/α-hetero) is 3. The molecule has 1 heterocycles. The van der Waals surface area contributed by atoms with Crippen LogP contribution < -0.4 is 9.47 Å². The maximum atomic E-state index is 12.8. The summed E-state index contributed by atoms with van der Waals surface area (Å²) in [4.78, 5) is 65.7. The van der Waals surface area contributed by atoms with Gasteiger partial charge in [0.15, 0.2) is 5.12 Å². The highest BCUT2D eigenvalue weighted by molar-refractivity contribution is 8.15. The maximum absolute atomic E-state index is 12.8. The second-order valence-electron chi connectivity index (χ2n) is 24.8. The van der Waals surface area contributed by atoms with Crippen LogP contribution in [0.25, 0.3) is 0 Å². The van der Waals surface area contributed by atoms with E-state index < -0.39 is 0 Å². The molecule has 0 amide bonds. The number of ether oxygens (including phenoxy) is 4. The first-order chi connectivity index (χ1) is 39.3. The zero-order chi connectivity index (χ0) is 59.3. The van der Waals surface area contributed by atoms with E-state index in [0.717, 1.165) is 84.5 Å². The van der Waals surface area contributed by atoms with Crippen LogP contribution >= 0.6 is 47.0 Å². The van der Waals surface area contributed by atoms with E-state index in [1.165, 1.54) is 134 Å². The smallest absolute Gasteiger partial charge is 0.314 e. The predicted octanol–water partition coefficient (Wildman–Crippen LogP) is 15.6. The molecule has 12 unspecified atom stereocenters. The van der Waals surface area contributed by atoms with Gasteiger partial charge in [0.05, 0.1) is 25.0 Å². The first-order valence-electron chi connectivity index (χ1n) is 30.4. The third-order valence-corrected chi connectivity index (χ3v) is 23.4. The van der Waals surface area contributed by atoms with Gasteiger partial charge in [0.25, 0.3) is 0 Å². The predicted molar refractivity (Wildman–Crippen MR) is 343 cm³/mol. The number of ketones is 3. The van der Waals surface area contributed by atoms with Gasteiger partial charge in [0, 0.05) is 53.4 Å². The van der Waals surface area contributed by atoms with Crippen LogP contribution in [0.5, 0.6) is 11.5 Å². The molecule has 454 valence electrons. The summed E-state index contributed by atoms with van der Waals surface area (Å²) in [5, 5.41) is 2.05. The average molecular weight is 1200 g/mol. The summed E-state index contributed by atoms with van der Waals surface area (Å²) in [7, 11) is 3.45. The SMILES string of the molecule is CC(C)=O.CC(C)=O.CC(C)=O.COC1CCC(OC(=O)C2CC3CCC2C3)CC1.COc1ccc(C(C)(c2ccccc2)c2ccc(OC(=O)C3CC4CCC3C4)cc2)cc1.CSCC1CSC(CSC(=O)C2CC3CCC2C3)CS1.[HH]. The Kier molecular flexibility index (Phi) is 28.0. The van der Waals surface area contributed by atoms with E-state index in [4.69, 9.17) is 18.9 Å². The Morgan fingerprint density at radius 2 is 0.927 bits per heavy atom. The summed E-state index contributed by atoms with van der Waals surface area (Å²) in [5.74, 6) is 12.0. The van der Waals surface area contributed by atoms with Crippen molar-refractivity contribution in [1.82, 2.24) is 0 Å². The molecular formula is C68H98O10S4. The third-order valence-electron chi connectivity index (χ3n) is 17.8. The van der Waals surface area contributed by atoms with Gasteiger partial charge in [0.1, 0.15) is 35.0 Å². The number of benzene rings is 3. The minimum atomic E-state index is -0.347. The number of fused-ring (bicyclic) bond motifs is 6. The summed E-state index contributed by atoms with van der Waals surface area (Å²) in [6.07, 6.45) is 21.7. The molecule has 8 fully saturated rings. The zero-order valence-electron chi connectivity index (χ0n) is 50.9. The van der Waals surface area contributed by atoms with Gasteiger partial charge in [-0.2, -0.15) is 35.3 Å². The molecular weight excluding hydrogens is 1110 g/mol. The molecule has 11 rings (SSSR count). The molecule has 3 aromatic rings. The van der Waals surface area contributed by atoms with Crippen molar-refractivity contribution < 1.29 is 49.1 Å². The van der Waals surface area contributed by atoms with E-state index in [-0.39, 0.29) is 54.1 Å². The Morgan fingerprint density at radius 1 is 0.512 bits per heavy atom. The highest BCUT2D eigenvalue weighted by Crippen LogP contribution is 2.52. The minimum Gasteiger partial charge on any atom is -0.497 e. The normalized spacial score (nSPS) is 29.4. The van der Waals surface area contributed by atoms with E-state index in [1.807, 2.05) is 42.1 Å².